The number of hydrogen-bond acceptors (Lipinski definition) is 0. The molecule has 0 amide bonds. The molecule has 0 nitrogen and oxygen atoms in total. The van der Waals surface area contributed by atoms with E-state index in [4.69, 9.17) is 0 Å². The fourth-order valence-electron chi connectivity index (χ4n) is 6.85. The van der Waals surface area contributed by atoms with Crippen molar-refractivity contribution in [2.24, 2.45) is 0 Å². The van der Waals surface area contributed by atoms with Crippen molar-refractivity contribution in [3.05, 3.63) is 21.5 Å². The Balaban J connectivity index is 4.11. The first kappa shape index (κ1) is 22.1. The second-order valence-corrected chi connectivity index (χ2v) is 68.0. The zero-order valence-electron chi connectivity index (χ0n) is 17.9. The van der Waals surface area contributed by atoms with Crippen molar-refractivity contribution in [1.82, 2.24) is 0 Å². The van der Waals surface area contributed by atoms with E-state index in [1.165, 1.54) is 0 Å². The monoisotopic (exact) mass is 462 g/mol. The van der Waals surface area contributed by atoms with Gasteiger partial charge in [0.25, 0.3) is 0 Å². The van der Waals surface area contributed by atoms with Crippen LogP contribution in [0, 0.1) is 0 Å². The van der Waals surface area contributed by atoms with Crippen LogP contribution in [0.1, 0.15) is 27.7 Å². The summed E-state index contributed by atoms with van der Waals surface area (Å²) in [6.45, 7) is 34.4. The normalized spacial score (nSPS) is 20.6. The molecular weight excluding hydrogens is 425 g/mol. The number of rotatable bonds is 4. The first-order chi connectivity index (χ1) is 9.89. The van der Waals surface area contributed by atoms with Crippen LogP contribution in [-0.2, 0) is 0 Å². The van der Waals surface area contributed by atoms with Crippen LogP contribution >= 0.6 is 15.3 Å². The third-order valence-electron chi connectivity index (χ3n) is 6.61. The highest BCUT2D eigenvalue weighted by Crippen LogP contribution is 2.55. The minimum absolute atomic E-state index is 1.28. The van der Waals surface area contributed by atoms with Crippen molar-refractivity contribution >= 4 is 50.4 Å². The topological polar surface area (TPSA) is 0 Å². The summed E-state index contributed by atoms with van der Waals surface area (Å²) < 4.78 is 0. The minimum atomic E-state index is -1.71. The van der Waals surface area contributed by atoms with E-state index in [-0.39, 0.29) is 0 Å². The van der Waals surface area contributed by atoms with Gasteiger partial charge in [-0.1, -0.05) is 80.5 Å². The van der Waals surface area contributed by atoms with Gasteiger partial charge in [0.1, 0.15) is 0 Å². The molecule has 23 heavy (non-hydrogen) atoms. The smallest absolute Gasteiger partial charge is 0.119 e. The van der Waals surface area contributed by atoms with Gasteiger partial charge in [-0.3, -0.25) is 0 Å². The fraction of sp³-hybridized carbons (Fsp3) is 0.765. The van der Waals surface area contributed by atoms with E-state index in [1.807, 2.05) is 0 Å². The van der Waals surface area contributed by atoms with Crippen molar-refractivity contribution < 1.29 is 0 Å². The van der Waals surface area contributed by atoms with E-state index < -0.39 is 35.1 Å². The first-order valence-corrected chi connectivity index (χ1v) is 29.7. The maximum atomic E-state index is 4.68. The molecule has 0 saturated heterocycles. The summed E-state index contributed by atoms with van der Waals surface area (Å²) in [5.41, 5.74) is 3.25. The molecule has 0 aliphatic carbocycles. The molecule has 0 atom stereocenters. The molecule has 0 aromatic heterocycles. The SMILES string of the molecule is CC1=C(C)[Si](Br)([Si]([Si](C)(C)C)([Si](C)(C)C)[Si](C)(C)C)C(C)=C1C. The van der Waals surface area contributed by atoms with E-state index in [0.29, 0.717) is 0 Å². The van der Waals surface area contributed by atoms with Gasteiger partial charge in [0.05, 0.1) is 6.14 Å². The van der Waals surface area contributed by atoms with Gasteiger partial charge >= 0.3 is 0 Å². The predicted molar refractivity (Wildman–Crippen MR) is 127 cm³/mol. The van der Waals surface area contributed by atoms with Gasteiger partial charge in [0.2, 0.25) is 0 Å². The average molecular weight is 464 g/mol. The Morgan fingerprint density at radius 1 is 0.565 bits per heavy atom. The highest BCUT2D eigenvalue weighted by atomic mass is 79.9. The molecule has 0 bridgehead atoms. The Hall–Kier alpha value is 1.04. The Morgan fingerprint density at radius 3 is 0.957 bits per heavy atom. The van der Waals surface area contributed by atoms with Crippen LogP contribution in [0.3, 0.4) is 0 Å². The zero-order chi connectivity index (χ0) is 18.8. The van der Waals surface area contributed by atoms with Crippen molar-refractivity contribution in [3.8, 4) is 0 Å². The molecule has 0 aromatic carbocycles. The lowest BCUT2D eigenvalue weighted by Crippen LogP contribution is -2.92. The van der Waals surface area contributed by atoms with Gasteiger partial charge in [-0.05, 0) is 27.7 Å². The Morgan fingerprint density at radius 2 is 0.783 bits per heavy atom. The van der Waals surface area contributed by atoms with Crippen molar-refractivity contribution in [2.45, 2.75) is 86.6 Å². The maximum absolute atomic E-state index is 4.68. The van der Waals surface area contributed by atoms with E-state index in [2.05, 4.69) is 102 Å². The zero-order valence-corrected chi connectivity index (χ0v) is 24.5. The van der Waals surface area contributed by atoms with Crippen LogP contribution in [0.4, 0.5) is 0 Å². The molecule has 0 radical (unpaired) electrons. The molecule has 1 aliphatic heterocycles. The number of allylic oxidation sites excluding steroid dienone is 4. The minimum Gasteiger partial charge on any atom is -0.119 e. The molecular formula is C17H39BrSi5. The Labute approximate surface area is 158 Å². The van der Waals surface area contributed by atoms with Gasteiger partial charge in [-0.2, -0.15) is 0 Å². The molecule has 1 aliphatic rings. The molecule has 0 aromatic rings. The molecule has 0 saturated carbocycles. The first-order valence-electron chi connectivity index (χ1n) is 8.94. The molecule has 0 N–H and O–H groups in total. The molecule has 1 heterocycles. The third-order valence-corrected chi connectivity index (χ3v) is 132. The summed E-state index contributed by atoms with van der Waals surface area (Å²) in [5.74, 6) is 0. The van der Waals surface area contributed by atoms with Crippen LogP contribution in [0.5, 0.6) is 0 Å². The fourth-order valence-corrected chi connectivity index (χ4v) is 203. The van der Waals surface area contributed by atoms with Crippen LogP contribution in [0.15, 0.2) is 21.5 Å². The van der Waals surface area contributed by atoms with Crippen molar-refractivity contribution in [1.29, 1.82) is 0 Å². The van der Waals surface area contributed by atoms with Crippen LogP contribution in [-0.4, -0.2) is 35.1 Å². The largest absolute Gasteiger partial charge is 0.165 e. The van der Waals surface area contributed by atoms with Crippen LogP contribution in [0.2, 0.25) is 58.9 Å². The van der Waals surface area contributed by atoms with Gasteiger partial charge in [0.15, 0.2) is 6.21 Å². The Kier molecular flexibility index (Phi) is 5.80. The van der Waals surface area contributed by atoms with E-state index >= 15 is 0 Å². The van der Waals surface area contributed by atoms with Gasteiger partial charge in [-0.15, -0.1) is 15.3 Å². The molecule has 0 unspecified atom stereocenters. The van der Waals surface area contributed by atoms with Gasteiger partial charge in [0, 0.05) is 22.8 Å². The predicted octanol–water partition coefficient (Wildman–Crippen LogP) is 6.87. The summed E-state index contributed by atoms with van der Waals surface area (Å²) in [4.78, 5) is 0. The summed E-state index contributed by atoms with van der Waals surface area (Å²) >= 11 is 4.68. The maximum Gasteiger partial charge on any atom is 0.165 e. The highest BCUT2D eigenvalue weighted by Gasteiger charge is 2.73. The van der Waals surface area contributed by atoms with Gasteiger partial charge < -0.3 is 0 Å². The quantitative estimate of drug-likeness (QED) is 0.315. The summed E-state index contributed by atoms with van der Waals surface area (Å²) in [5, 5.41) is 3.60. The standard InChI is InChI=1S/C17H39BrSi5/c1-14-15(2)17(4)22(18,16(14)3)23(19(5,6)7,20(8,9)10)21(11,12)13/h1-13H3. The van der Waals surface area contributed by atoms with E-state index in [0.717, 1.165) is 0 Å². The summed E-state index contributed by atoms with van der Waals surface area (Å²) in [6, 6.07) is 0. The van der Waals surface area contributed by atoms with Crippen molar-refractivity contribution in [3.63, 3.8) is 0 Å². The van der Waals surface area contributed by atoms with E-state index in [1.54, 1.807) is 21.5 Å². The second-order valence-electron chi connectivity index (χ2n) is 10.7. The Bertz CT molecular complexity index is 507. The van der Waals surface area contributed by atoms with Gasteiger partial charge in [-0.25, -0.2) is 0 Å². The average Bonchev–Trinajstić information content (AvgIpc) is 2.41. The molecule has 0 spiro atoms. The molecule has 6 heteroatoms. The van der Waals surface area contributed by atoms with Crippen LogP contribution < -0.4 is 0 Å². The number of halogens is 1. The lowest BCUT2D eigenvalue weighted by molar-refractivity contribution is 1.31. The molecule has 1 rings (SSSR count). The molecule has 0 fully saturated rings. The number of hydrogen-bond donors (Lipinski definition) is 0. The second kappa shape index (κ2) is 6.04. The summed E-state index contributed by atoms with van der Waals surface area (Å²) in [6.07, 6.45) is -3.15. The van der Waals surface area contributed by atoms with E-state index in [9.17, 15) is 0 Å². The summed E-state index contributed by atoms with van der Waals surface area (Å²) in [7, 11) is -3.84. The van der Waals surface area contributed by atoms with Crippen molar-refractivity contribution in [2.75, 3.05) is 0 Å². The molecule has 134 valence electrons. The van der Waals surface area contributed by atoms with Crippen LogP contribution in [0.25, 0.3) is 0 Å². The third kappa shape index (κ3) is 2.74. The highest BCUT2D eigenvalue weighted by molar-refractivity contribution is 9.29. The lowest BCUT2D eigenvalue weighted by atomic mass is 10.1. The lowest BCUT2D eigenvalue weighted by Gasteiger charge is -2.64.